The quantitative estimate of drug-likeness (QED) is 0.782. The molecule has 0 saturated heterocycles. The van der Waals surface area contributed by atoms with Gasteiger partial charge in [0, 0.05) is 0 Å². The summed E-state index contributed by atoms with van der Waals surface area (Å²) in [5.41, 5.74) is 0.824. The van der Waals surface area contributed by atoms with E-state index in [4.69, 9.17) is 0 Å². The molecule has 2 nitrogen and oxygen atoms in total. The van der Waals surface area contributed by atoms with Gasteiger partial charge in [-0.1, -0.05) is 0 Å². The molecular weight excluding hydrogens is 327 g/mol. The summed E-state index contributed by atoms with van der Waals surface area (Å²) in [5.74, 6) is 0.165. The van der Waals surface area contributed by atoms with Gasteiger partial charge in [0.05, 0.1) is 0 Å². The van der Waals surface area contributed by atoms with Gasteiger partial charge in [0.2, 0.25) is 0 Å². The van der Waals surface area contributed by atoms with Gasteiger partial charge in [0.25, 0.3) is 0 Å². The average Bonchev–Trinajstić information content (AvgIpc) is 2.54. The first-order valence-corrected chi connectivity index (χ1v) is 9.04. The van der Waals surface area contributed by atoms with Crippen LogP contribution in [0.2, 0.25) is 4.82 Å². The monoisotopic (exact) mass is 348 g/mol. The first kappa shape index (κ1) is 16.0. The molecule has 0 amide bonds. The van der Waals surface area contributed by atoms with E-state index >= 15 is 0 Å². The van der Waals surface area contributed by atoms with E-state index in [1.807, 2.05) is 67.6 Å². The SMILES string of the molecule is CCCC(=O)[C@H]([Se]c1ccccc1)[C@@H](O)c1ccccc1. The van der Waals surface area contributed by atoms with Crippen molar-refractivity contribution in [3.63, 3.8) is 0 Å². The molecule has 110 valence electrons. The van der Waals surface area contributed by atoms with Crippen LogP contribution in [-0.4, -0.2) is 25.8 Å². The van der Waals surface area contributed by atoms with Crippen molar-refractivity contribution in [3.05, 3.63) is 66.2 Å². The third kappa shape index (κ3) is 4.53. The predicted molar refractivity (Wildman–Crippen MR) is 86.9 cm³/mol. The van der Waals surface area contributed by atoms with E-state index in [2.05, 4.69) is 0 Å². The van der Waals surface area contributed by atoms with E-state index < -0.39 is 6.10 Å². The van der Waals surface area contributed by atoms with Crippen molar-refractivity contribution in [2.45, 2.75) is 30.7 Å². The number of aliphatic hydroxyl groups is 1. The Hall–Kier alpha value is -1.41. The summed E-state index contributed by atoms with van der Waals surface area (Å²) >= 11 is -0.0667. The predicted octanol–water partition coefficient (Wildman–Crippen LogP) is 2.91. The molecule has 21 heavy (non-hydrogen) atoms. The van der Waals surface area contributed by atoms with Gasteiger partial charge in [0.15, 0.2) is 0 Å². The van der Waals surface area contributed by atoms with Crippen LogP contribution in [0.15, 0.2) is 60.7 Å². The Bertz CT molecular complexity index is 554. The van der Waals surface area contributed by atoms with Crippen molar-refractivity contribution in [3.8, 4) is 0 Å². The van der Waals surface area contributed by atoms with Crippen LogP contribution < -0.4 is 4.46 Å². The van der Waals surface area contributed by atoms with Crippen LogP contribution in [-0.2, 0) is 4.79 Å². The number of carbonyl (C=O) groups is 1. The summed E-state index contributed by atoms with van der Waals surface area (Å²) < 4.78 is 1.15. The number of Topliss-reactive ketones (excluding diaryl/α,β-unsaturated/α-hetero) is 1. The minimum atomic E-state index is -0.717. The normalized spacial score (nSPS) is 13.6. The maximum atomic E-state index is 12.4. The average molecular weight is 347 g/mol. The third-order valence-electron chi connectivity index (χ3n) is 3.25. The fraction of sp³-hybridized carbons (Fsp3) is 0.278. The van der Waals surface area contributed by atoms with Crippen molar-refractivity contribution in [1.29, 1.82) is 0 Å². The second-order valence-corrected chi connectivity index (χ2v) is 7.47. The molecule has 2 aromatic rings. The fourth-order valence-corrected chi connectivity index (χ4v) is 4.56. The second kappa shape index (κ2) is 8.13. The van der Waals surface area contributed by atoms with Crippen molar-refractivity contribution in [2.24, 2.45) is 0 Å². The van der Waals surface area contributed by atoms with Gasteiger partial charge >= 0.3 is 132 Å². The van der Waals surface area contributed by atoms with Crippen molar-refractivity contribution < 1.29 is 9.90 Å². The molecule has 0 aliphatic carbocycles. The second-order valence-electron chi connectivity index (χ2n) is 4.92. The molecule has 0 radical (unpaired) electrons. The number of benzene rings is 2. The minimum absolute atomic E-state index is 0.0667. The zero-order chi connectivity index (χ0) is 15.1. The first-order valence-electron chi connectivity index (χ1n) is 7.19. The Morgan fingerprint density at radius 2 is 1.62 bits per heavy atom. The molecule has 2 rings (SSSR count). The van der Waals surface area contributed by atoms with Crippen LogP contribution in [0.4, 0.5) is 0 Å². The molecule has 3 heteroatoms. The van der Waals surface area contributed by atoms with E-state index in [-0.39, 0.29) is 25.6 Å². The maximum absolute atomic E-state index is 12.4. The van der Waals surface area contributed by atoms with Gasteiger partial charge < -0.3 is 0 Å². The number of aliphatic hydroxyl groups excluding tert-OH is 1. The molecule has 0 heterocycles. The van der Waals surface area contributed by atoms with Gasteiger partial charge in [-0.15, -0.1) is 0 Å². The number of rotatable bonds is 7. The molecule has 0 aliphatic rings. The molecule has 0 bridgehead atoms. The standard InChI is InChI=1S/C18H20O2Se/c1-2-9-16(19)18(21-15-12-7-4-8-13-15)17(20)14-10-5-3-6-11-14/h3-8,10-13,17-18,20H,2,9H2,1H3/t17-,18-/m0/s1. The number of hydrogen-bond donors (Lipinski definition) is 1. The number of hydrogen-bond acceptors (Lipinski definition) is 2. The van der Waals surface area contributed by atoms with Gasteiger partial charge in [-0.3, -0.25) is 0 Å². The Balaban J connectivity index is 2.21. The van der Waals surface area contributed by atoms with Crippen molar-refractivity contribution in [2.75, 3.05) is 0 Å². The molecule has 1 N–H and O–H groups in total. The van der Waals surface area contributed by atoms with Crippen LogP contribution in [0.1, 0.15) is 31.4 Å². The van der Waals surface area contributed by atoms with Crippen LogP contribution in [0.25, 0.3) is 0 Å². The Kier molecular flexibility index (Phi) is 6.19. The molecular formula is C18H20O2Se. The van der Waals surface area contributed by atoms with E-state index in [0.29, 0.717) is 6.42 Å². The molecule has 0 fully saturated rings. The zero-order valence-corrected chi connectivity index (χ0v) is 13.8. The first-order chi connectivity index (χ1) is 10.2. The van der Waals surface area contributed by atoms with Crippen molar-refractivity contribution >= 4 is 25.2 Å². The summed E-state index contributed by atoms with van der Waals surface area (Å²) in [6.07, 6.45) is 0.635. The van der Waals surface area contributed by atoms with Gasteiger partial charge in [0.1, 0.15) is 0 Å². The summed E-state index contributed by atoms with van der Waals surface area (Å²) in [6.45, 7) is 2.00. The molecule has 2 atom stereocenters. The number of ketones is 1. The van der Waals surface area contributed by atoms with Crippen LogP contribution >= 0.6 is 0 Å². The van der Waals surface area contributed by atoms with E-state index in [9.17, 15) is 9.90 Å². The van der Waals surface area contributed by atoms with E-state index in [0.717, 1.165) is 16.4 Å². The van der Waals surface area contributed by atoms with E-state index in [1.54, 1.807) is 0 Å². The molecule has 0 aliphatic heterocycles. The molecule has 0 unspecified atom stereocenters. The van der Waals surface area contributed by atoms with E-state index in [1.165, 1.54) is 0 Å². The van der Waals surface area contributed by atoms with Crippen LogP contribution in [0, 0.1) is 0 Å². The Morgan fingerprint density at radius 1 is 1.05 bits per heavy atom. The number of carbonyl (C=O) groups excluding carboxylic acids is 1. The molecule has 0 saturated carbocycles. The Labute approximate surface area is 132 Å². The van der Waals surface area contributed by atoms with Gasteiger partial charge in [-0.05, 0) is 0 Å². The van der Waals surface area contributed by atoms with Gasteiger partial charge in [-0.2, -0.15) is 0 Å². The molecule has 0 aromatic heterocycles. The summed E-state index contributed by atoms with van der Waals surface area (Å²) in [6, 6.07) is 19.5. The van der Waals surface area contributed by atoms with Crippen LogP contribution in [0.5, 0.6) is 0 Å². The summed E-state index contributed by atoms with van der Waals surface area (Å²) in [5, 5.41) is 10.6. The zero-order valence-electron chi connectivity index (χ0n) is 12.1. The summed E-state index contributed by atoms with van der Waals surface area (Å²) in [7, 11) is 0. The third-order valence-corrected chi connectivity index (χ3v) is 6.02. The molecule has 2 aromatic carbocycles. The molecule has 0 spiro atoms. The van der Waals surface area contributed by atoms with Crippen molar-refractivity contribution in [1.82, 2.24) is 0 Å². The topological polar surface area (TPSA) is 37.3 Å². The fourth-order valence-electron chi connectivity index (χ4n) is 2.17. The Morgan fingerprint density at radius 3 is 2.19 bits per heavy atom. The van der Waals surface area contributed by atoms with Crippen LogP contribution in [0.3, 0.4) is 0 Å². The summed E-state index contributed by atoms with van der Waals surface area (Å²) in [4.78, 5) is 12.1. The van der Waals surface area contributed by atoms with Gasteiger partial charge in [-0.25, -0.2) is 0 Å².